The summed E-state index contributed by atoms with van der Waals surface area (Å²) in [4.78, 5) is 59.3. The van der Waals surface area contributed by atoms with E-state index in [9.17, 15) is 19.2 Å². The Morgan fingerprint density at radius 2 is 1.63 bits per heavy atom. The molecule has 2 N–H and O–H groups in total. The molecule has 2 aromatic carbocycles. The number of carbonyl (C=O) groups is 4. The minimum absolute atomic E-state index is 0.00893. The third-order valence-electron chi connectivity index (χ3n) is 11.1. The topological polar surface area (TPSA) is 139 Å². The van der Waals surface area contributed by atoms with Crippen LogP contribution in [-0.2, 0) is 46.4 Å². The lowest BCUT2D eigenvalue weighted by Gasteiger charge is -2.37. The Hall–Kier alpha value is -3.62. The molecule has 3 aliphatic heterocycles. The molecule has 14 heteroatoms. The Morgan fingerprint density at radius 3 is 2.25 bits per heavy atom. The zero-order chi connectivity index (χ0) is 43.1. The van der Waals surface area contributed by atoms with Crippen molar-refractivity contribution in [1.29, 1.82) is 0 Å². The summed E-state index contributed by atoms with van der Waals surface area (Å²) in [5.74, 6) is -2.11. The van der Waals surface area contributed by atoms with Crippen molar-refractivity contribution in [1.82, 2.24) is 20.4 Å². The number of esters is 2. The van der Waals surface area contributed by atoms with E-state index in [1.54, 1.807) is 38.1 Å². The van der Waals surface area contributed by atoms with Crippen LogP contribution in [0.3, 0.4) is 0 Å². The van der Waals surface area contributed by atoms with E-state index >= 15 is 0 Å². The largest absolute Gasteiger partial charge is 0.495 e. The molecule has 0 aliphatic carbocycles. The molecule has 0 spiro atoms. The predicted octanol–water partition coefficient (Wildman–Crippen LogP) is 5.95. The molecule has 6 atom stereocenters. The Balaban J connectivity index is 1.30. The third-order valence-corrected chi connectivity index (χ3v) is 11.5. The van der Waals surface area contributed by atoms with Crippen molar-refractivity contribution in [3.63, 3.8) is 0 Å². The lowest BCUT2D eigenvalue weighted by Crippen LogP contribution is -2.51. The second kappa shape index (κ2) is 20.3. The van der Waals surface area contributed by atoms with Crippen molar-refractivity contribution in [3.05, 3.63) is 76.3 Å². The summed E-state index contributed by atoms with van der Waals surface area (Å²) in [6.07, 6.45) is 1.24. The van der Waals surface area contributed by atoms with Gasteiger partial charge in [0.25, 0.3) is 0 Å². The molecule has 3 heterocycles. The van der Waals surface area contributed by atoms with Crippen molar-refractivity contribution in [2.45, 2.75) is 109 Å². The molecule has 5 rings (SSSR count). The smallest absolute Gasteiger partial charge is 0.347 e. The summed E-state index contributed by atoms with van der Waals surface area (Å²) >= 11 is 11.1. The van der Waals surface area contributed by atoms with Gasteiger partial charge in [-0.3, -0.25) is 24.2 Å². The fourth-order valence-electron chi connectivity index (χ4n) is 7.55. The monoisotopic (exact) mass is 854 g/mol. The maximum Gasteiger partial charge on any atom is 0.347 e. The molecule has 324 valence electrons. The highest BCUT2D eigenvalue weighted by atomic mass is 35.5. The molecule has 12 nitrogen and oxygen atoms in total. The van der Waals surface area contributed by atoms with Gasteiger partial charge in [-0.25, -0.2) is 4.79 Å². The maximum atomic E-state index is 13.8. The van der Waals surface area contributed by atoms with Crippen LogP contribution in [0.1, 0.15) is 84.1 Å². The van der Waals surface area contributed by atoms with Gasteiger partial charge in [0.1, 0.15) is 24.0 Å². The van der Waals surface area contributed by atoms with E-state index in [0.717, 1.165) is 44.8 Å². The lowest BCUT2D eigenvalue weighted by atomic mass is 9.92. The predicted molar refractivity (Wildman–Crippen MR) is 231 cm³/mol. The van der Waals surface area contributed by atoms with E-state index in [0.29, 0.717) is 16.3 Å². The first-order valence-electron chi connectivity index (χ1n) is 20.7. The van der Waals surface area contributed by atoms with Crippen molar-refractivity contribution >= 4 is 48.0 Å². The van der Waals surface area contributed by atoms with Gasteiger partial charge in [0.2, 0.25) is 11.8 Å². The van der Waals surface area contributed by atoms with Gasteiger partial charge in [0, 0.05) is 69.3 Å². The molecule has 2 amide bonds. The van der Waals surface area contributed by atoms with Gasteiger partial charge in [-0.15, -0.1) is 0 Å². The van der Waals surface area contributed by atoms with Crippen LogP contribution in [0.15, 0.2) is 54.6 Å². The SMILES string of the molecule is COc1ccc(C[C@H]2NC(=O)C=CC[C@@H]([C@H](C)[C@H]3O[C@@H]3c3ccc(CN4CCN(CC(C)(C)S)CC4)cc3)OC(=O)[C@H](CC(C)C)OC(=O)C(C)(C)CNC2=O)cc1Cl. The number of thiol groups is 1. The van der Waals surface area contributed by atoms with Crippen molar-refractivity contribution in [2.24, 2.45) is 17.3 Å². The summed E-state index contributed by atoms with van der Waals surface area (Å²) in [6, 6.07) is 12.7. The molecule has 0 radical (unpaired) electrons. The molecule has 2 saturated heterocycles. The van der Waals surface area contributed by atoms with Crippen LogP contribution in [-0.4, -0.2) is 109 Å². The number of hydrogen-bond donors (Lipinski definition) is 3. The third kappa shape index (κ3) is 13.7. The minimum Gasteiger partial charge on any atom is -0.495 e. The van der Waals surface area contributed by atoms with Crippen molar-refractivity contribution in [2.75, 3.05) is 46.4 Å². The number of hydrogen-bond acceptors (Lipinski definition) is 11. The first-order chi connectivity index (χ1) is 27.8. The molecule has 0 aromatic heterocycles. The number of nitrogens with one attached hydrogen (secondary N) is 2. The zero-order valence-electron chi connectivity index (χ0n) is 35.8. The van der Waals surface area contributed by atoms with E-state index < -0.39 is 47.4 Å². The Labute approximate surface area is 360 Å². The number of benzene rings is 2. The highest BCUT2D eigenvalue weighted by molar-refractivity contribution is 7.81. The second-order valence-corrected chi connectivity index (χ2v) is 19.6. The minimum atomic E-state index is -1.21. The van der Waals surface area contributed by atoms with Crippen LogP contribution in [0.25, 0.3) is 0 Å². The van der Waals surface area contributed by atoms with Crippen LogP contribution in [0.2, 0.25) is 5.02 Å². The number of rotatable bonds is 12. The molecular formula is C45H63ClN4O8S. The summed E-state index contributed by atoms with van der Waals surface area (Å²) in [6.45, 7) is 19.2. The number of carbonyl (C=O) groups excluding carboxylic acids is 4. The van der Waals surface area contributed by atoms with E-state index in [1.807, 2.05) is 20.8 Å². The molecule has 0 saturated carbocycles. The van der Waals surface area contributed by atoms with E-state index in [-0.39, 0.29) is 54.6 Å². The molecule has 2 fully saturated rings. The first-order valence-corrected chi connectivity index (χ1v) is 21.5. The molecule has 3 aliphatic rings. The summed E-state index contributed by atoms with van der Waals surface area (Å²) < 4.78 is 23.5. The van der Waals surface area contributed by atoms with E-state index in [2.05, 4.69) is 58.5 Å². The van der Waals surface area contributed by atoms with Gasteiger partial charge in [-0.2, -0.15) is 12.6 Å². The zero-order valence-corrected chi connectivity index (χ0v) is 37.4. The van der Waals surface area contributed by atoms with Gasteiger partial charge < -0.3 is 29.6 Å². The number of piperazine rings is 1. The number of ether oxygens (including phenoxy) is 4. The van der Waals surface area contributed by atoms with Crippen LogP contribution in [0.5, 0.6) is 5.75 Å². The highest BCUT2D eigenvalue weighted by Gasteiger charge is 2.48. The van der Waals surface area contributed by atoms with Crippen LogP contribution < -0.4 is 15.4 Å². The Bertz CT molecular complexity index is 1810. The first kappa shape index (κ1) is 46.4. The highest BCUT2D eigenvalue weighted by Crippen LogP contribution is 2.45. The summed E-state index contributed by atoms with van der Waals surface area (Å²) in [5, 5.41) is 5.96. The van der Waals surface area contributed by atoms with Gasteiger partial charge in [-0.1, -0.05) is 68.8 Å². The lowest BCUT2D eigenvalue weighted by molar-refractivity contribution is -0.179. The average molecular weight is 856 g/mol. The molecule has 0 bridgehead atoms. The molecule has 0 unspecified atom stereocenters. The fraction of sp³-hybridized carbons (Fsp3) is 0.600. The van der Waals surface area contributed by atoms with Gasteiger partial charge in [0.15, 0.2) is 6.10 Å². The Kier molecular flexibility index (Phi) is 16.0. The van der Waals surface area contributed by atoms with Crippen LogP contribution in [0.4, 0.5) is 0 Å². The Morgan fingerprint density at radius 1 is 0.966 bits per heavy atom. The summed E-state index contributed by atoms with van der Waals surface area (Å²) in [5.41, 5.74) is 1.76. The second-order valence-electron chi connectivity index (χ2n) is 18.0. The average Bonchev–Trinajstić information content (AvgIpc) is 3.97. The number of epoxide rings is 1. The van der Waals surface area contributed by atoms with Gasteiger partial charge in [-0.05, 0) is 74.9 Å². The van der Waals surface area contributed by atoms with Gasteiger partial charge >= 0.3 is 11.9 Å². The summed E-state index contributed by atoms with van der Waals surface area (Å²) in [7, 11) is 1.51. The normalized spacial score (nSPS) is 25.8. The fourth-order valence-corrected chi connectivity index (χ4v) is 8.03. The molecule has 59 heavy (non-hydrogen) atoms. The maximum absolute atomic E-state index is 13.8. The van der Waals surface area contributed by atoms with Crippen molar-refractivity contribution < 1.29 is 38.1 Å². The standard InChI is InChI=1S/C45H63ClN4O8S/c1-28(2)22-37-42(53)56-35(29(3)39-40(58-39)32-15-12-30(13-16-32)25-49-18-20-50(21-19-49)27-45(6,7)59)10-9-11-38(51)48-34(24-31-14-17-36(55-8)33(46)23-31)41(52)47-26-44(4,5)43(54)57-37/h9,11-17,23,28-29,34-35,37,39-40,59H,10,18-22,24-27H2,1-8H3,(H,47,52)(H,48,51)/t29-,34+,35-,37-,39+,40+/m0/s1. The van der Waals surface area contributed by atoms with E-state index in [1.165, 1.54) is 18.7 Å². The number of nitrogens with zero attached hydrogens (tertiary/aromatic N) is 2. The molecular weight excluding hydrogens is 792 g/mol. The number of cyclic esters (lactones) is 2. The number of methoxy groups -OCH3 is 1. The van der Waals surface area contributed by atoms with Crippen LogP contribution >= 0.6 is 24.2 Å². The quantitative estimate of drug-likeness (QED) is 0.134. The number of amides is 2. The van der Waals surface area contributed by atoms with Crippen LogP contribution in [0, 0.1) is 17.3 Å². The molecule has 2 aromatic rings. The van der Waals surface area contributed by atoms with Crippen molar-refractivity contribution in [3.8, 4) is 5.75 Å². The van der Waals surface area contributed by atoms with E-state index in [4.69, 9.17) is 43.2 Å². The van der Waals surface area contributed by atoms with Gasteiger partial charge in [0.05, 0.1) is 23.7 Å². The number of halogens is 1.